The first kappa shape index (κ1) is 19.7. The molecular formula is C16H14BrNO4S4. The Morgan fingerprint density at radius 3 is 2.15 bits per heavy atom. The van der Waals surface area contributed by atoms with Crippen LogP contribution >= 0.6 is 38.6 Å². The molecule has 5 nitrogen and oxygen atoms in total. The molecule has 138 valence electrons. The zero-order valence-corrected chi connectivity index (χ0v) is 18.1. The van der Waals surface area contributed by atoms with Crippen molar-refractivity contribution in [2.24, 2.45) is 0 Å². The normalized spacial score (nSPS) is 13.6. The second kappa shape index (κ2) is 7.91. The molecule has 0 fully saturated rings. The van der Waals surface area contributed by atoms with Crippen molar-refractivity contribution in [3.8, 4) is 0 Å². The Labute approximate surface area is 168 Å². The van der Waals surface area contributed by atoms with Gasteiger partial charge in [-0.15, -0.1) is 22.7 Å². The van der Waals surface area contributed by atoms with Gasteiger partial charge >= 0.3 is 0 Å². The highest BCUT2D eigenvalue weighted by molar-refractivity contribution is 9.10. The SMILES string of the molecule is O=S(=O)(NC[C@@H](c1cccs1)S(=O)(=O)c1cccs1)c1ccc(Br)cc1. The van der Waals surface area contributed by atoms with Gasteiger partial charge in [-0.05, 0) is 47.2 Å². The van der Waals surface area contributed by atoms with E-state index in [1.165, 1.54) is 29.5 Å². The summed E-state index contributed by atoms with van der Waals surface area (Å²) in [5, 5.41) is 2.48. The number of hydrogen-bond acceptors (Lipinski definition) is 6. The van der Waals surface area contributed by atoms with Crippen LogP contribution in [0.25, 0.3) is 0 Å². The maximum Gasteiger partial charge on any atom is 0.240 e. The van der Waals surface area contributed by atoms with E-state index in [2.05, 4.69) is 20.7 Å². The average Bonchev–Trinajstić information content (AvgIpc) is 3.29. The van der Waals surface area contributed by atoms with Crippen LogP contribution in [-0.4, -0.2) is 23.4 Å². The second-order valence-corrected chi connectivity index (χ2v) is 12.3. The molecule has 1 N–H and O–H groups in total. The fourth-order valence-electron chi connectivity index (χ4n) is 2.29. The van der Waals surface area contributed by atoms with Crippen LogP contribution in [0.2, 0.25) is 0 Å². The molecule has 10 heteroatoms. The molecular weight excluding hydrogens is 478 g/mol. The summed E-state index contributed by atoms with van der Waals surface area (Å²) in [4.78, 5) is 0.677. The van der Waals surface area contributed by atoms with Gasteiger partial charge in [-0.1, -0.05) is 28.1 Å². The lowest BCUT2D eigenvalue weighted by atomic mass is 10.3. The molecule has 0 aliphatic heterocycles. The molecule has 0 radical (unpaired) electrons. The average molecular weight is 492 g/mol. The predicted octanol–water partition coefficient (Wildman–Crippen LogP) is 4.07. The van der Waals surface area contributed by atoms with Gasteiger partial charge in [0.25, 0.3) is 0 Å². The van der Waals surface area contributed by atoms with Gasteiger partial charge in [-0.2, -0.15) is 0 Å². The summed E-state index contributed by atoms with van der Waals surface area (Å²) < 4.78 is 54.4. The third kappa shape index (κ3) is 4.26. The van der Waals surface area contributed by atoms with Crippen molar-refractivity contribution >= 4 is 58.5 Å². The zero-order chi connectivity index (χ0) is 18.8. The summed E-state index contributed by atoms with van der Waals surface area (Å²) in [5.74, 6) is 0. The highest BCUT2D eigenvalue weighted by atomic mass is 79.9. The summed E-state index contributed by atoms with van der Waals surface area (Å²) in [6.07, 6.45) is 0. The molecule has 2 aromatic heterocycles. The summed E-state index contributed by atoms with van der Waals surface area (Å²) >= 11 is 5.67. The van der Waals surface area contributed by atoms with E-state index >= 15 is 0 Å². The number of halogens is 1. The Hall–Kier alpha value is -1.04. The summed E-state index contributed by atoms with van der Waals surface area (Å²) in [5.41, 5.74) is 0. The van der Waals surface area contributed by atoms with Gasteiger partial charge < -0.3 is 0 Å². The molecule has 0 bridgehead atoms. The van der Waals surface area contributed by atoms with Gasteiger partial charge in [-0.3, -0.25) is 0 Å². The fraction of sp³-hybridized carbons (Fsp3) is 0.125. The van der Waals surface area contributed by atoms with E-state index in [4.69, 9.17) is 0 Å². The number of thiophene rings is 2. The lowest BCUT2D eigenvalue weighted by Gasteiger charge is -2.16. The Morgan fingerprint density at radius 1 is 0.923 bits per heavy atom. The van der Waals surface area contributed by atoms with E-state index < -0.39 is 25.1 Å². The number of sulfone groups is 1. The van der Waals surface area contributed by atoms with Gasteiger partial charge in [0.2, 0.25) is 10.0 Å². The van der Waals surface area contributed by atoms with E-state index in [0.29, 0.717) is 4.88 Å². The van der Waals surface area contributed by atoms with Crippen LogP contribution in [0.4, 0.5) is 0 Å². The van der Waals surface area contributed by atoms with Crippen molar-refractivity contribution in [2.75, 3.05) is 6.54 Å². The predicted molar refractivity (Wildman–Crippen MR) is 108 cm³/mol. The first-order chi connectivity index (χ1) is 12.3. The first-order valence-corrected chi connectivity index (χ1v) is 12.9. The third-order valence-corrected chi connectivity index (χ3v) is 10.2. The van der Waals surface area contributed by atoms with Crippen LogP contribution in [0.5, 0.6) is 0 Å². The Morgan fingerprint density at radius 2 is 1.58 bits per heavy atom. The quantitative estimate of drug-likeness (QED) is 0.540. The molecule has 1 atom stereocenters. The molecule has 0 saturated carbocycles. The van der Waals surface area contributed by atoms with Crippen LogP contribution in [0.1, 0.15) is 10.1 Å². The summed E-state index contributed by atoms with van der Waals surface area (Å²) in [6, 6.07) is 12.8. The lowest BCUT2D eigenvalue weighted by Crippen LogP contribution is -2.31. The highest BCUT2D eigenvalue weighted by Gasteiger charge is 2.32. The second-order valence-electron chi connectivity index (χ2n) is 5.29. The van der Waals surface area contributed by atoms with Gasteiger partial charge in [-0.25, -0.2) is 21.6 Å². The van der Waals surface area contributed by atoms with Crippen molar-refractivity contribution in [3.05, 3.63) is 68.6 Å². The maximum absolute atomic E-state index is 13.0. The third-order valence-electron chi connectivity index (χ3n) is 3.59. The molecule has 1 aromatic carbocycles. The topological polar surface area (TPSA) is 80.3 Å². The Bertz CT molecular complexity index is 1060. The van der Waals surface area contributed by atoms with Gasteiger partial charge in [0.1, 0.15) is 9.46 Å². The van der Waals surface area contributed by atoms with Crippen molar-refractivity contribution in [3.63, 3.8) is 0 Å². The van der Waals surface area contributed by atoms with Crippen molar-refractivity contribution in [1.82, 2.24) is 4.72 Å². The Balaban J connectivity index is 1.89. The molecule has 0 spiro atoms. The molecule has 0 aliphatic rings. The van der Waals surface area contributed by atoms with Crippen molar-refractivity contribution in [1.29, 1.82) is 0 Å². The van der Waals surface area contributed by atoms with Crippen molar-refractivity contribution in [2.45, 2.75) is 14.4 Å². The van der Waals surface area contributed by atoms with Crippen LogP contribution < -0.4 is 4.72 Å². The number of rotatable bonds is 7. The maximum atomic E-state index is 13.0. The van der Waals surface area contributed by atoms with Crippen LogP contribution in [0.3, 0.4) is 0 Å². The van der Waals surface area contributed by atoms with Gasteiger partial charge in [0, 0.05) is 15.9 Å². The first-order valence-electron chi connectivity index (χ1n) is 7.37. The molecule has 0 unspecified atom stereocenters. The molecule has 26 heavy (non-hydrogen) atoms. The van der Waals surface area contributed by atoms with Gasteiger partial charge in [0.05, 0.1) is 4.90 Å². The van der Waals surface area contributed by atoms with Crippen LogP contribution in [0.15, 0.2) is 72.9 Å². The smallest absolute Gasteiger partial charge is 0.222 e. The number of sulfonamides is 1. The van der Waals surface area contributed by atoms with E-state index in [0.717, 1.165) is 15.8 Å². The van der Waals surface area contributed by atoms with E-state index in [9.17, 15) is 16.8 Å². The fourth-order valence-corrected chi connectivity index (χ4v) is 7.69. The Kier molecular flexibility index (Phi) is 6.00. The molecule has 3 aromatic rings. The minimum absolute atomic E-state index is 0.0825. The van der Waals surface area contributed by atoms with Crippen LogP contribution in [0, 0.1) is 0 Å². The zero-order valence-electron chi connectivity index (χ0n) is 13.2. The minimum Gasteiger partial charge on any atom is -0.222 e. The van der Waals surface area contributed by atoms with Crippen LogP contribution in [-0.2, 0) is 19.9 Å². The number of nitrogens with one attached hydrogen (secondary N) is 1. The summed E-state index contributed by atoms with van der Waals surface area (Å²) in [7, 11) is -7.52. The standard InChI is InChI=1S/C16H14BrNO4S4/c17-12-5-7-13(8-6-12)26(21,22)18-11-15(14-3-1-9-23-14)25(19,20)16-4-2-10-24-16/h1-10,15,18H,11H2/t15-/m0/s1. The monoisotopic (exact) mass is 491 g/mol. The minimum atomic E-state index is -3.82. The molecule has 0 aliphatic carbocycles. The van der Waals surface area contributed by atoms with E-state index in [1.54, 1.807) is 41.1 Å². The number of benzene rings is 1. The highest BCUT2D eigenvalue weighted by Crippen LogP contribution is 2.33. The molecule has 3 rings (SSSR count). The molecule has 2 heterocycles. The van der Waals surface area contributed by atoms with Crippen molar-refractivity contribution < 1.29 is 16.8 Å². The van der Waals surface area contributed by atoms with E-state index in [1.807, 2.05) is 0 Å². The largest absolute Gasteiger partial charge is 0.240 e. The van der Waals surface area contributed by atoms with Gasteiger partial charge in [0.15, 0.2) is 9.84 Å². The summed E-state index contributed by atoms with van der Waals surface area (Å²) in [6.45, 7) is -0.237. The lowest BCUT2D eigenvalue weighted by molar-refractivity contribution is 0.570. The van der Waals surface area contributed by atoms with E-state index in [-0.39, 0.29) is 15.6 Å². The molecule has 0 amide bonds. The molecule has 0 saturated heterocycles. The number of hydrogen-bond donors (Lipinski definition) is 1.